The predicted octanol–water partition coefficient (Wildman–Crippen LogP) is 6.62. The van der Waals surface area contributed by atoms with Gasteiger partial charge in [-0.15, -0.1) is 0 Å². The highest BCUT2D eigenvalue weighted by atomic mass is 16.4. The molecule has 0 radical (unpaired) electrons. The zero-order valence-electron chi connectivity index (χ0n) is 16.3. The number of para-hydroxylation sites is 1. The molecule has 0 aliphatic carbocycles. The van der Waals surface area contributed by atoms with E-state index in [0.29, 0.717) is 16.5 Å². The molecule has 142 valence electrons. The van der Waals surface area contributed by atoms with Crippen LogP contribution >= 0.6 is 0 Å². The van der Waals surface area contributed by atoms with Crippen LogP contribution in [0.3, 0.4) is 0 Å². The summed E-state index contributed by atoms with van der Waals surface area (Å²) in [5.74, 6) is 0. The highest BCUT2D eigenvalue weighted by Crippen LogP contribution is 2.40. The summed E-state index contributed by atoms with van der Waals surface area (Å²) in [5, 5.41) is 4.56. The Morgan fingerprint density at radius 2 is 1.47 bits per heavy atom. The Hall–Kier alpha value is -3.98. The molecule has 0 bridgehead atoms. The quantitative estimate of drug-likeness (QED) is 0.181. The Balaban J connectivity index is 1.99. The fourth-order valence-electron chi connectivity index (χ4n) is 4.45. The van der Waals surface area contributed by atoms with Crippen LogP contribution in [0.5, 0.6) is 0 Å². The third kappa shape index (κ3) is 2.32. The third-order valence-electron chi connectivity index (χ3n) is 5.84. The van der Waals surface area contributed by atoms with Crippen molar-refractivity contribution in [1.29, 1.82) is 0 Å². The van der Waals surface area contributed by atoms with Crippen LogP contribution in [0.2, 0.25) is 0 Å². The Labute approximate surface area is 172 Å². The molecular weight excluding hydrogens is 370 g/mol. The molecule has 3 nitrogen and oxygen atoms in total. The van der Waals surface area contributed by atoms with Gasteiger partial charge in [-0.25, -0.2) is 9.78 Å². The van der Waals surface area contributed by atoms with E-state index in [9.17, 15) is 4.79 Å². The topological polar surface area (TPSA) is 43.1 Å². The maximum absolute atomic E-state index is 13.3. The van der Waals surface area contributed by atoms with E-state index in [4.69, 9.17) is 9.40 Å². The van der Waals surface area contributed by atoms with Crippen LogP contribution in [-0.4, -0.2) is 4.98 Å². The molecule has 3 heteroatoms. The van der Waals surface area contributed by atoms with E-state index in [1.165, 1.54) is 0 Å². The lowest BCUT2D eigenvalue weighted by Crippen LogP contribution is -2.05. The second kappa shape index (κ2) is 6.26. The molecule has 30 heavy (non-hydrogen) atoms. The van der Waals surface area contributed by atoms with Gasteiger partial charge in [0.2, 0.25) is 0 Å². The molecule has 4 aromatic carbocycles. The van der Waals surface area contributed by atoms with Crippen LogP contribution in [0.4, 0.5) is 0 Å². The molecule has 0 aliphatic rings. The van der Waals surface area contributed by atoms with Gasteiger partial charge in [0.15, 0.2) is 0 Å². The molecular formula is C27H17NO2. The largest absolute Gasteiger partial charge is 0.422 e. The Bertz CT molecular complexity index is 1680. The first-order valence-corrected chi connectivity index (χ1v) is 9.95. The Morgan fingerprint density at radius 1 is 0.733 bits per heavy atom. The lowest BCUT2D eigenvalue weighted by molar-refractivity contribution is 0.569. The van der Waals surface area contributed by atoms with Crippen molar-refractivity contribution < 1.29 is 4.42 Å². The van der Waals surface area contributed by atoms with Gasteiger partial charge in [0.05, 0.1) is 16.4 Å². The SMILES string of the molecule is Cc1ccccc1-c1c2c(=O)oc3ccccc3c2nc2ccc3ccccc3c12. The first kappa shape index (κ1) is 16.9. The fraction of sp³-hybridized carbons (Fsp3) is 0.0370. The number of nitrogens with zero attached hydrogens (tertiary/aromatic N) is 1. The van der Waals surface area contributed by atoms with Gasteiger partial charge >= 0.3 is 5.63 Å². The van der Waals surface area contributed by atoms with E-state index >= 15 is 0 Å². The maximum atomic E-state index is 13.3. The van der Waals surface area contributed by atoms with Gasteiger partial charge in [-0.3, -0.25) is 0 Å². The minimum atomic E-state index is -0.357. The number of aryl methyl sites for hydroxylation is 1. The van der Waals surface area contributed by atoms with E-state index in [0.717, 1.165) is 43.8 Å². The van der Waals surface area contributed by atoms with Crippen molar-refractivity contribution in [2.45, 2.75) is 6.92 Å². The van der Waals surface area contributed by atoms with Crippen molar-refractivity contribution in [2.75, 3.05) is 0 Å². The molecule has 0 fully saturated rings. The van der Waals surface area contributed by atoms with E-state index in [2.05, 4.69) is 37.3 Å². The summed E-state index contributed by atoms with van der Waals surface area (Å²) in [4.78, 5) is 18.2. The minimum absolute atomic E-state index is 0.357. The first-order valence-electron chi connectivity index (χ1n) is 9.95. The molecule has 0 spiro atoms. The molecule has 6 aromatic rings. The summed E-state index contributed by atoms with van der Waals surface area (Å²) in [5.41, 5.74) is 4.77. The average Bonchev–Trinajstić information content (AvgIpc) is 2.78. The first-order chi connectivity index (χ1) is 14.7. The summed E-state index contributed by atoms with van der Waals surface area (Å²) in [6.45, 7) is 2.07. The van der Waals surface area contributed by atoms with E-state index < -0.39 is 0 Å². The molecule has 0 N–H and O–H groups in total. The van der Waals surface area contributed by atoms with Crippen LogP contribution < -0.4 is 5.63 Å². The molecule has 6 rings (SSSR count). The van der Waals surface area contributed by atoms with Gasteiger partial charge < -0.3 is 4.42 Å². The number of hydrogen-bond donors (Lipinski definition) is 0. The lowest BCUT2D eigenvalue weighted by atomic mass is 9.91. The van der Waals surface area contributed by atoms with Gasteiger partial charge in [-0.05, 0) is 47.0 Å². The van der Waals surface area contributed by atoms with Crippen LogP contribution in [0, 0.1) is 6.92 Å². The van der Waals surface area contributed by atoms with Crippen molar-refractivity contribution >= 4 is 43.5 Å². The van der Waals surface area contributed by atoms with Gasteiger partial charge in [-0.1, -0.05) is 66.7 Å². The van der Waals surface area contributed by atoms with Crippen molar-refractivity contribution in [3.8, 4) is 11.1 Å². The second-order valence-corrected chi connectivity index (χ2v) is 7.59. The van der Waals surface area contributed by atoms with Crippen LogP contribution in [0.1, 0.15) is 5.56 Å². The Morgan fingerprint density at radius 3 is 2.33 bits per heavy atom. The van der Waals surface area contributed by atoms with Crippen molar-refractivity contribution in [1.82, 2.24) is 4.98 Å². The van der Waals surface area contributed by atoms with Crippen LogP contribution in [-0.2, 0) is 0 Å². The zero-order valence-corrected chi connectivity index (χ0v) is 16.3. The normalized spacial score (nSPS) is 11.6. The highest BCUT2D eigenvalue weighted by molar-refractivity contribution is 6.22. The number of pyridine rings is 1. The zero-order chi connectivity index (χ0) is 20.2. The number of hydrogen-bond acceptors (Lipinski definition) is 3. The molecule has 2 aromatic heterocycles. The summed E-state index contributed by atoms with van der Waals surface area (Å²) >= 11 is 0. The second-order valence-electron chi connectivity index (χ2n) is 7.59. The van der Waals surface area contributed by atoms with Gasteiger partial charge in [-0.2, -0.15) is 0 Å². The summed E-state index contributed by atoms with van der Waals surface area (Å²) in [6, 6.07) is 28.1. The molecule has 2 heterocycles. The molecule has 0 saturated carbocycles. The lowest BCUT2D eigenvalue weighted by Gasteiger charge is -2.15. The molecule has 0 amide bonds. The number of aromatic nitrogens is 1. The van der Waals surface area contributed by atoms with Gasteiger partial charge in [0.25, 0.3) is 0 Å². The van der Waals surface area contributed by atoms with Crippen LogP contribution in [0.25, 0.3) is 54.7 Å². The number of benzene rings is 4. The van der Waals surface area contributed by atoms with Crippen molar-refractivity contribution in [3.05, 3.63) is 101 Å². The average molecular weight is 387 g/mol. The third-order valence-corrected chi connectivity index (χ3v) is 5.84. The van der Waals surface area contributed by atoms with E-state index in [1.54, 1.807) is 0 Å². The van der Waals surface area contributed by atoms with E-state index in [-0.39, 0.29) is 5.63 Å². The molecule has 0 unspecified atom stereocenters. The Kier molecular flexibility index (Phi) is 3.53. The highest BCUT2D eigenvalue weighted by Gasteiger charge is 2.20. The molecule has 0 aliphatic heterocycles. The van der Waals surface area contributed by atoms with Crippen molar-refractivity contribution in [3.63, 3.8) is 0 Å². The van der Waals surface area contributed by atoms with Crippen molar-refractivity contribution in [2.24, 2.45) is 0 Å². The molecule has 0 atom stereocenters. The summed E-state index contributed by atoms with van der Waals surface area (Å²) in [7, 11) is 0. The van der Waals surface area contributed by atoms with E-state index in [1.807, 2.05) is 54.6 Å². The monoisotopic (exact) mass is 387 g/mol. The van der Waals surface area contributed by atoms with Crippen LogP contribution in [0.15, 0.2) is 94.1 Å². The predicted molar refractivity (Wildman–Crippen MR) is 123 cm³/mol. The summed E-state index contributed by atoms with van der Waals surface area (Å²) < 4.78 is 5.74. The summed E-state index contributed by atoms with van der Waals surface area (Å²) in [6.07, 6.45) is 0. The smallest absolute Gasteiger partial charge is 0.346 e. The maximum Gasteiger partial charge on any atom is 0.346 e. The number of rotatable bonds is 1. The number of fused-ring (bicyclic) bond motifs is 6. The minimum Gasteiger partial charge on any atom is -0.422 e. The fourth-order valence-corrected chi connectivity index (χ4v) is 4.45. The molecule has 0 saturated heterocycles. The standard InChI is InChI=1S/C27H17NO2/c1-16-8-2-4-10-18(16)24-23-19-11-5-3-9-17(19)14-15-21(23)28-26-20-12-6-7-13-22(20)30-27(29)25(24)26/h2-15H,1H3. The van der Waals surface area contributed by atoms with Gasteiger partial charge in [0.1, 0.15) is 5.58 Å². The van der Waals surface area contributed by atoms with Gasteiger partial charge in [0, 0.05) is 16.3 Å².